The lowest BCUT2D eigenvalue weighted by Gasteiger charge is -2.16. The van der Waals surface area contributed by atoms with E-state index in [9.17, 15) is 9.90 Å². The maximum Gasteiger partial charge on any atom is 0.265 e. The lowest BCUT2D eigenvalue weighted by atomic mass is 10.2. The second-order valence-electron chi connectivity index (χ2n) is 6.64. The molecule has 0 aliphatic rings. The van der Waals surface area contributed by atoms with Crippen LogP contribution in [0.15, 0.2) is 66.1 Å². The van der Waals surface area contributed by atoms with Gasteiger partial charge in [-0.1, -0.05) is 24.3 Å². The van der Waals surface area contributed by atoms with Crippen LogP contribution in [0.4, 0.5) is 5.69 Å². The van der Waals surface area contributed by atoms with Gasteiger partial charge in [0.05, 0.1) is 12.0 Å². The van der Waals surface area contributed by atoms with Gasteiger partial charge in [-0.05, 0) is 60.3 Å². The zero-order chi connectivity index (χ0) is 22.1. The molecule has 6 nitrogen and oxygen atoms in total. The molecule has 0 aliphatic carbocycles. The van der Waals surface area contributed by atoms with E-state index in [4.69, 9.17) is 14.2 Å². The zero-order valence-electron chi connectivity index (χ0n) is 17.4. The number of allylic oxidation sites excluding steroid dienone is 1. The smallest absolute Gasteiger partial charge is 0.265 e. The highest BCUT2D eigenvalue weighted by atomic mass is 32.1. The molecule has 7 heteroatoms. The Hall–Kier alpha value is -3.29. The van der Waals surface area contributed by atoms with E-state index < -0.39 is 6.10 Å². The molecule has 0 saturated heterocycles. The van der Waals surface area contributed by atoms with E-state index in [-0.39, 0.29) is 19.1 Å². The van der Waals surface area contributed by atoms with Gasteiger partial charge in [-0.2, -0.15) is 0 Å². The molecular formula is C24H25NO5S. The standard InChI is InChI=1S/C24H25NO5S/c1-3-5-17-7-12-21(22(14-17)28-2)30-16-19(26)15-29-20-10-8-18(9-11-20)25-24(27)23-6-4-13-31-23/h3-14,19,26H,15-16H2,1-2H3,(H,25,27)/b5-3+. The van der Waals surface area contributed by atoms with Crippen molar-refractivity contribution in [2.24, 2.45) is 0 Å². The molecular weight excluding hydrogens is 414 g/mol. The Morgan fingerprint density at radius 2 is 1.87 bits per heavy atom. The fraction of sp³-hybridized carbons (Fsp3) is 0.208. The molecule has 0 bridgehead atoms. The van der Waals surface area contributed by atoms with E-state index >= 15 is 0 Å². The SMILES string of the molecule is C/C=C/c1ccc(OCC(O)COc2ccc(NC(=O)c3cccs3)cc2)c(OC)c1. The predicted octanol–water partition coefficient (Wildman–Crippen LogP) is 4.86. The van der Waals surface area contributed by atoms with Crippen molar-refractivity contribution < 1.29 is 24.1 Å². The summed E-state index contributed by atoms with van der Waals surface area (Å²) in [5, 5.41) is 14.9. The second kappa shape index (κ2) is 11.2. The summed E-state index contributed by atoms with van der Waals surface area (Å²) in [7, 11) is 1.58. The van der Waals surface area contributed by atoms with Crippen LogP contribution >= 0.6 is 11.3 Å². The normalized spacial score (nSPS) is 11.8. The van der Waals surface area contributed by atoms with Gasteiger partial charge in [0.2, 0.25) is 0 Å². The molecule has 1 unspecified atom stereocenters. The minimum Gasteiger partial charge on any atom is -0.493 e. The molecule has 0 spiro atoms. The van der Waals surface area contributed by atoms with E-state index in [2.05, 4.69) is 5.32 Å². The Morgan fingerprint density at radius 3 is 2.55 bits per heavy atom. The molecule has 0 aliphatic heterocycles. The number of nitrogens with one attached hydrogen (secondary N) is 1. The van der Waals surface area contributed by atoms with Crippen LogP contribution in [0.25, 0.3) is 6.08 Å². The summed E-state index contributed by atoms with van der Waals surface area (Å²) in [6.45, 7) is 2.08. The molecule has 162 valence electrons. The van der Waals surface area contributed by atoms with Gasteiger partial charge in [0, 0.05) is 5.69 Å². The van der Waals surface area contributed by atoms with E-state index in [1.54, 1.807) is 37.4 Å². The van der Waals surface area contributed by atoms with Gasteiger partial charge in [0.1, 0.15) is 25.1 Å². The van der Waals surface area contributed by atoms with Gasteiger partial charge in [-0.25, -0.2) is 0 Å². The fourth-order valence-corrected chi connectivity index (χ4v) is 3.38. The van der Waals surface area contributed by atoms with Crippen LogP contribution in [0, 0.1) is 0 Å². The number of aliphatic hydroxyl groups is 1. The van der Waals surface area contributed by atoms with Crippen molar-refractivity contribution in [2.45, 2.75) is 13.0 Å². The molecule has 3 rings (SSSR count). The number of carbonyl (C=O) groups is 1. The van der Waals surface area contributed by atoms with E-state index in [1.807, 2.05) is 48.7 Å². The van der Waals surface area contributed by atoms with Gasteiger partial charge in [-0.3, -0.25) is 4.79 Å². The van der Waals surface area contributed by atoms with E-state index in [1.165, 1.54) is 11.3 Å². The van der Waals surface area contributed by atoms with Gasteiger partial charge in [0.25, 0.3) is 5.91 Å². The zero-order valence-corrected chi connectivity index (χ0v) is 18.2. The first-order valence-electron chi connectivity index (χ1n) is 9.78. The minimum atomic E-state index is -0.821. The first-order chi connectivity index (χ1) is 15.1. The van der Waals surface area contributed by atoms with Crippen molar-refractivity contribution in [3.63, 3.8) is 0 Å². The van der Waals surface area contributed by atoms with Crippen molar-refractivity contribution in [3.8, 4) is 17.2 Å². The summed E-state index contributed by atoms with van der Waals surface area (Å²) in [6, 6.07) is 16.2. The molecule has 0 saturated carbocycles. The Morgan fingerprint density at radius 1 is 1.10 bits per heavy atom. The average molecular weight is 440 g/mol. The average Bonchev–Trinajstić information content (AvgIpc) is 3.33. The van der Waals surface area contributed by atoms with Crippen LogP contribution in [0.2, 0.25) is 0 Å². The minimum absolute atomic E-state index is 0.0638. The van der Waals surface area contributed by atoms with Crippen LogP contribution in [0.5, 0.6) is 17.2 Å². The maximum absolute atomic E-state index is 12.1. The number of ether oxygens (including phenoxy) is 3. The van der Waals surface area contributed by atoms with E-state index in [0.717, 1.165) is 5.56 Å². The third kappa shape index (κ3) is 6.60. The maximum atomic E-state index is 12.1. The summed E-state index contributed by atoms with van der Waals surface area (Å²) in [5.74, 6) is 1.59. The van der Waals surface area contributed by atoms with Gasteiger partial charge in [-0.15, -0.1) is 11.3 Å². The number of hydrogen-bond donors (Lipinski definition) is 2. The lowest BCUT2D eigenvalue weighted by molar-refractivity contribution is 0.0617. The van der Waals surface area contributed by atoms with Crippen molar-refractivity contribution in [1.29, 1.82) is 0 Å². The highest BCUT2D eigenvalue weighted by molar-refractivity contribution is 7.12. The number of anilines is 1. The molecule has 0 fully saturated rings. The Balaban J connectivity index is 1.46. The molecule has 3 aromatic rings. The van der Waals surface area contributed by atoms with Crippen LogP contribution < -0.4 is 19.5 Å². The lowest BCUT2D eigenvalue weighted by Crippen LogP contribution is -2.25. The first kappa shape index (κ1) is 22.4. The summed E-state index contributed by atoms with van der Waals surface area (Å²) in [5.41, 5.74) is 1.67. The molecule has 1 aromatic heterocycles. The van der Waals surface area contributed by atoms with Crippen LogP contribution in [0.1, 0.15) is 22.2 Å². The number of amides is 1. The quantitative estimate of drug-likeness (QED) is 0.472. The van der Waals surface area contributed by atoms with Crippen molar-refractivity contribution in [3.05, 3.63) is 76.5 Å². The molecule has 2 N–H and O–H groups in total. The van der Waals surface area contributed by atoms with Crippen molar-refractivity contribution >= 4 is 29.0 Å². The Labute approximate surface area is 185 Å². The summed E-state index contributed by atoms with van der Waals surface area (Å²) >= 11 is 1.39. The van der Waals surface area contributed by atoms with E-state index in [0.29, 0.717) is 27.8 Å². The summed E-state index contributed by atoms with van der Waals surface area (Å²) < 4.78 is 16.7. The van der Waals surface area contributed by atoms with Gasteiger partial charge >= 0.3 is 0 Å². The van der Waals surface area contributed by atoms with Crippen LogP contribution in [0.3, 0.4) is 0 Å². The highest BCUT2D eigenvalue weighted by Crippen LogP contribution is 2.28. The molecule has 1 heterocycles. The monoisotopic (exact) mass is 439 g/mol. The number of rotatable bonds is 10. The number of aliphatic hydroxyl groups excluding tert-OH is 1. The molecule has 1 atom stereocenters. The number of hydrogen-bond acceptors (Lipinski definition) is 6. The van der Waals surface area contributed by atoms with Gasteiger partial charge < -0.3 is 24.6 Å². The third-order valence-electron chi connectivity index (χ3n) is 4.28. The summed E-state index contributed by atoms with van der Waals surface area (Å²) in [6.07, 6.45) is 3.09. The topological polar surface area (TPSA) is 77.0 Å². The highest BCUT2D eigenvalue weighted by Gasteiger charge is 2.11. The van der Waals surface area contributed by atoms with Crippen LogP contribution in [-0.2, 0) is 0 Å². The second-order valence-corrected chi connectivity index (χ2v) is 7.59. The predicted molar refractivity (Wildman–Crippen MR) is 123 cm³/mol. The fourth-order valence-electron chi connectivity index (χ4n) is 2.76. The number of methoxy groups -OCH3 is 1. The van der Waals surface area contributed by atoms with Gasteiger partial charge in [0.15, 0.2) is 11.5 Å². The number of carbonyl (C=O) groups excluding carboxylic acids is 1. The summed E-state index contributed by atoms with van der Waals surface area (Å²) in [4.78, 5) is 12.7. The largest absolute Gasteiger partial charge is 0.493 e. The van der Waals surface area contributed by atoms with Crippen LogP contribution in [-0.4, -0.2) is 37.4 Å². The molecule has 0 radical (unpaired) electrons. The first-order valence-corrected chi connectivity index (χ1v) is 10.7. The molecule has 2 aromatic carbocycles. The molecule has 1 amide bonds. The Kier molecular flexibility index (Phi) is 8.09. The van der Waals surface area contributed by atoms with Crippen molar-refractivity contribution in [1.82, 2.24) is 0 Å². The number of thiophene rings is 1. The Bertz CT molecular complexity index is 999. The molecule has 31 heavy (non-hydrogen) atoms. The van der Waals surface area contributed by atoms with Crippen molar-refractivity contribution in [2.75, 3.05) is 25.6 Å². The number of benzene rings is 2. The third-order valence-corrected chi connectivity index (χ3v) is 5.15.